The summed E-state index contributed by atoms with van der Waals surface area (Å²) >= 11 is 1.65. The second kappa shape index (κ2) is 5.61. The zero-order chi connectivity index (χ0) is 13.9. The standard InChI is InChI=1S/C16H16N2OS/c1-11(17)16(12-7-9-20-10-12)19-15-6-2-5-14-13(15)4-3-8-18-14/h2-11,16H,17H2,1H3. The van der Waals surface area contributed by atoms with Crippen LogP contribution >= 0.6 is 11.3 Å². The summed E-state index contributed by atoms with van der Waals surface area (Å²) in [6, 6.07) is 11.8. The van der Waals surface area contributed by atoms with Gasteiger partial charge in [0.05, 0.1) is 5.52 Å². The first-order valence-electron chi connectivity index (χ1n) is 6.54. The molecular formula is C16H16N2OS. The van der Waals surface area contributed by atoms with Gasteiger partial charge in [0.25, 0.3) is 0 Å². The molecule has 3 nitrogen and oxygen atoms in total. The number of nitrogens with two attached hydrogens (primary N) is 1. The average molecular weight is 284 g/mol. The van der Waals surface area contributed by atoms with E-state index >= 15 is 0 Å². The Morgan fingerprint density at radius 1 is 1.20 bits per heavy atom. The van der Waals surface area contributed by atoms with Crippen molar-refractivity contribution in [1.82, 2.24) is 4.98 Å². The normalized spacial score (nSPS) is 14.1. The Bertz CT molecular complexity index is 689. The van der Waals surface area contributed by atoms with E-state index in [1.165, 1.54) is 0 Å². The number of benzene rings is 1. The summed E-state index contributed by atoms with van der Waals surface area (Å²) in [5.74, 6) is 0.823. The van der Waals surface area contributed by atoms with Gasteiger partial charge in [0, 0.05) is 23.2 Å². The van der Waals surface area contributed by atoms with Crippen LogP contribution in [-0.4, -0.2) is 11.0 Å². The molecular weight excluding hydrogens is 268 g/mol. The molecule has 0 aliphatic carbocycles. The predicted molar refractivity (Wildman–Crippen MR) is 83.1 cm³/mol. The smallest absolute Gasteiger partial charge is 0.139 e. The number of hydrogen-bond donors (Lipinski definition) is 1. The van der Waals surface area contributed by atoms with E-state index in [0.717, 1.165) is 22.2 Å². The van der Waals surface area contributed by atoms with Crippen LogP contribution in [0.4, 0.5) is 0 Å². The van der Waals surface area contributed by atoms with E-state index in [-0.39, 0.29) is 12.1 Å². The van der Waals surface area contributed by atoms with Crippen molar-refractivity contribution in [3.63, 3.8) is 0 Å². The van der Waals surface area contributed by atoms with Crippen molar-refractivity contribution in [3.05, 3.63) is 58.9 Å². The fourth-order valence-corrected chi connectivity index (χ4v) is 2.91. The molecule has 0 aliphatic heterocycles. The maximum Gasteiger partial charge on any atom is 0.139 e. The number of hydrogen-bond acceptors (Lipinski definition) is 4. The minimum Gasteiger partial charge on any atom is -0.483 e. The van der Waals surface area contributed by atoms with Crippen molar-refractivity contribution in [1.29, 1.82) is 0 Å². The van der Waals surface area contributed by atoms with Crippen LogP contribution < -0.4 is 10.5 Å². The van der Waals surface area contributed by atoms with E-state index in [0.29, 0.717) is 0 Å². The lowest BCUT2D eigenvalue weighted by atomic mass is 10.1. The predicted octanol–water partition coefficient (Wildman–Crippen LogP) is 3.76. The molecule has 0 saturated heterocycles. The summed E-state index contributed by atoms with van der Waals surface area (Å²) in [6.45, 7) is 1.96. The molecule has 2 heterocycles. The third-order valence-electron chi connectivity index (χ3n) is 3.21. The lowest BCUT2D eigenvalue weighted by Crippen LogP contribution is -2.28. The summed E-state index contributed by atoms with van der Waals surface area (Å²) in [5, 5.41) is 5.13. The summed E-state index contributed by atoms with van der Waals surface area (Å²) in [4.78, 5) is 4.35. The third-order valence-corrected chi connectivity index (χ3v) is 3.91. The number of nitrogens with zero attached hydrogens (tertiary/aromatic N) is 1. The Hall–Kier alpha value is -1.91. The quantitative estimate of drug-likeness (QED) is 0.793. The van der Waals surface area contributed by atoms with Gasteiger partial charge in [-0.15, -0.1) is 0 Å². The molecule has 0 spiro atoms. The summed E-state index contributed by atoms with van der Waals surface area (Å²) in [5.41, 5.74) is 8.13. The van der Waals surface area contributed by atoms with E-state index in [4.69, 9.17) is 10.5 Å². The van der Waals surface area contributed by atoms with Crippen LogP contribution in [0, 0.1) is 0 Å². The summed E-state index contributed by atoms with van der Waals surface area (Å²) < 4.78 is 6.18. The number of fused-ring (bicyclic) bond motifs is 1. The van der Waals surface area contributed by atoms with Crippen LogP contribution in [0.1, 0.15) is 18.6 Å². The van der Waals surface area contributed by atoms with Crippen LogP contribution in [0.2, 0.25) is 0 Å². The molecule has 4 heteroatoms. The van der Waals surface area contributed by atoms with Crippen LogP contribution in [-0.2, 0) is 0 Å². The molecule has 0 saturated carbocycles. The van der Waals surface area contributed by atoms with Crippen LogP contribution in [0.5, 0.6) is 5.75 Å². The van der Waals surface area contributed by atoms with E-state index in [1.54, 1.807) is 17.5 Å². The maximum absolute atomic E-state index is 6.18. The van der Waals surface area contributed by atoms with Gasteiger partial charge in [-0.2, -0.15) is 11.3 Å². The molecule has 2 unspecified atom stereocenters. The van der Waals surface area contributed by atoms with Gasteiger partial charge in [-0.05, 0) is 48.0 Å². The van der Waals surface area contributed by atoms with E-state index in [2.05, 4.69) is 16.4 Å². The Kier molecular flexibility index (Phi) is 3.67. The number of thiophene rings is 1. The highest BCUT2D eigenvalue weighted by Crippen LogP contribution is 2.30. The van der Waals surface area contributed by atoms with Crippen molar-refractivity contribution in [2.75, 3.05) is 0 Å². The Morgan fingerprint density at radius 3 is 2.85 bits per heavy atom. The SMILES string of the molecule is CC(N)C(Oc1cccc2ncccc12)c1ccsc1. The Labute approximate surface area is 122 Å². The fraction of sp³-hybridized carbons (Fsp3) is 0.188. The van der Waals surface area contributed by atoms with E-state index in [1.807, 2.05) is 42.6 Å². The number of aromatic nitrogens is 1. The van der Waals surface area contributed by atoms with Gasteiger partial charge in [0.2, 0.25) is 0 Å². The molecule has 0 fully saturated rings. The third kappa shape index (κ3) is 2.53. The molecule has 1 aromatic carbocycles. The lowest BCUT2D eigenvalue weighted by molar-refractivity contribution is 0.183. The maximum atomic E-state index is 6.18. The molecule has 3 rings (SSSR count). The molecule has 0 amide bonds. The Balaban J connectivity index is 1.99. The first-order chi connectivity index (χ1) is 9.75. The largest absolute Gasteiger partial charge is 0.483 e. The molecule has 0 aliphatic rings. The summed E-state index contributed by atoms with van der Waals surface area (Å²) in [6.07, 6.45) is 1.64. The summed E-state index contributed by atoms with van der Waals surface area (Å²) in [7, 11) is 0. The van der Waals surface area contributed by atoms with Crippen LogP contribution in [0.25, 0.3) is 10.9 Å². The van der Waals surface area contributed by atoms with Crippen molar-refractivity contribution in [3.8, 4) is 5.75 Å². The van der Waals surface area contributed by atoms with Gasteiger partial charge >= 0.3 is 0 Å². The zero-order valence-electron chi connectivity index (χ0n) is 11.2. The number of ether oxygens (including phenoxy) is 1. The monoisotopic (exact) mass is 284 g/mol. The lowest BCUT2D eigenvalue weighted by Gasteiger charge is -2.22. The number of pyridine rings is 1. The van der Waals surface area contributed by atoms with E-state index < -0.39 is 0 Å². The Morgan fingerprint density at radius 2 is 2.10 bits per heavy atom. The van der Waals surface area contributed by atoms with Crippen LogP contribution in [0.15, 0.2) is 53.4 Å². The first kappa shape index (κ1) is 13.1. The van der Waals surface area contributed by atoms with Crippen molar-refractivity contribution in [2.24, 2.45) is 5.73 Å². The van der Waals surface area contributed by atoms with Crippen molar-refractivity contribution < 1.29 is 4.74 Å². The van der Waals surface area contributed by atoms with Gasteiger partial charge < -0.3 is 10.5 Å². The molecule has 2 atom stereocenters. The fourth-order valence-electron chi connectivity index (χ4n) is 2.23. The highest BCUT2D eigenvalue weighted by Gasteiger charge is 2.19. The average Bonchev–Trinajstić information content (AvgIpc) is 2.98. The highest BCUT2D eigenvalue weighted by molar-refractivity contribution is 7.07. The second-order valence-corrected chi connectivity index (χ2v) is 5.56. The number of rotatable bonds is 4. The molecule has 2 aromatic heterocycles. The first-order valence-corrected chi connectivity index (χ1v) is 7.48. The van der Waals surface area contributed by atoms with Gasteiger partial charge in [0.1, 0.15) is 11.9 Å². The van der Waals surface area contributed by atoms with Gasteiger partial charge in [0.15, 0.2) is 0 Å². The highest BCUT2D eigenvalue weighted by atomic mass is 32.1. The van der Waals surface area contributed by atoms with Gasteiger partial charge in [-0.25, -0.2) is 0 Å². The minimum absolute atomic E-state index is 0.0865. The van der Waals surface area contributed by atoms with Crippen molar-refractivity contribution in [2.45, 2.75) is 19.1 Å². The van der Waals surface area contributed by atoms with Crippen LogP contribution in [0.3, 0.4) is 0 Å². The minimum atomic E-state index is -0.146. The van der Waals surface area contributed by atoms with Gasteiger partial charge in [-0.1, -0.05) is 6.07 Å². The van der Waals surface area contributed by atoms with Crippen molar-refractivity contribution >= 4 is 22.2 Å². The molecule has 0 radical (unpaired) electrons. The topological polar surface area (TPSA) is 48.1 Å². The van der Waals surface area contributed by atoms with E-state index in [9.17, 15) is 0 Å². The molecule has 0 bridgehead atoms. The molecule has 102 valence electrons. The zero-order valence-corrected chi connectivity index (χ0v) is 12.0. The molecule has 20 heavy (non-hydrogen) atoms. The van der Waals surface area contributed by atoms with Gasteiger partial charge in [-0.3, -0.25) is 4.98 Å². The second-order valence-electron chi connectivity index (χ2n) is 4.78. The molecule has 2 N–H and O–H groups in total. The molecule has 3 aromatic rings.